The van der Waals surface area contributed by atoms with Crippen LogP contribution in [-0.2, 0) is 4.79 Å². The van der Waals surface area contributed by atoms with Gasteiger partial charge in [0.2, 0.25) is 0 Å². The van der Waals surface area contributed by atoms with E-state index in [9.17, 15) is 10.1 Å². The number of nitriles is 1. The summed E-state index contributed by atoms with van der Waals surface area (Å²) in [7, 11) is 0. The zero-order chi connectivity index (χ0) is 21.1. The summed E-state index contributed by atoms with van der Waals surface area (Å²) in [5, 5.41) is 12.4. The maximum Gasteiger partial charge on any atom is 0.266 e. The van der Waals surface area contributed by atoms with E-state index in [1.54, 1.807) is 6.08 Å². The number of aryl methyl sites for hydroxylation is 4. The Morgan fingerprint density at radius 2 is 1.66 bits per heavy atom. The first kappa shape index (κ1) is 20.2. The average molecular weight is 383 g/mol. The maximum absolute atomic E-state index is 12.6. The molecule has 4 heteroatoms. The van der Waals surface area contributed by atoms with Gasteiger partial charge in [-0.3, -0.25) is 4.79 Å². The highest BCUT2D eigenvalue weighted by Gasteiger charge is 2.14. The summed E-state index contributed by atoms with van der Waals surface area (Å²) in [6.07, 6.45) is 1.66. The van der Waals surface area contributed by atoms with E-state index in [4.69, 9.17) is 0 Å². The molecular weight excluding hydrogens is 358 g/mol. The van der Waals surface area contributed by atoms with Gasteiger partial charge < -0.3 is 9.88 Å². The van der Waals surface area contributed by atoms with Crippen LogP contribution < -0.4 is 5.32 Å². The predicted molar refractivity (Wildman–Crippen MR) is 118 cm³/mol. The van der Waals surface area contributed by atoms with Crippen molar-refractivity contribution in [2.45, 2.75) is 34.6 Å². The summed E-state index contributed by atoms with van der Waals surface area (Å²) in [5.41, 5.74) is 8.17. The van der Waals surface area contributed by atoms with Crippen LogP contribution in [0.15, 0.2) is 54.1 Å². The summed E-state index contributed by atoms with van der Waals surface area (Å²) in [6, 6.07) is 18.0. The smallest absolute Gasteiger partial charge is 0.266 e. The summed E-state index contributed by atoms with van der Waals surface area (Å²) in [6.45, 7) is 10.1. The van der Waals surface area contributed by atoms with Gasteiger partial charge in [-0.15, -0.1) is 0 Å². The normalized spacial score (nSPS) is 11.2. The fourth-order valence-electron chi connectivity index (χ4n) is 3.64. The van der Waals surface area contributed by atoms with Crippen LogP contribution in [0.25, 0.3) is 11.8 Å². The molecule has 0 bridgehead atoms. The zero-order valence-corrected chi connectivity index (χ0v) is 17.5. The van der Waals surface area contributed by atoms with E-state index in [-0.39, 0.29) is 5.57 Å². The SMILES string of the molecule is Cc1cccc(NC(=O)/C(C#N)=C\c2cc(C)n(-c3cc(C)cc(C)c3)c2C)c1. The lowest BCUT2D eigenvalue weighted by Crippen LogP contribution is -2.13. The molecule has 0 saturated heterocycles. The number of carbonyl (C=O) groups excluding carboxylic acids is 1. The minimum Gasteiger partial charge on any atom is -0.321 e. The van der Waals surface area contributed by atoms with Crippen molar-refractivity contribution in [2.75, 3.05) is 5.32 Å². The molecule has 0 spiro atoms. The van der Waals surface area contributed by atoms with Gasteiger partial charge in [0.15, 0.2) is 0 Å². The van der Waals surface area contributed by atoms with Gasteiger partial charge in [0, 0.05) is 22.8 Å². The van der Waals surface area contributed by atoms with Gasteiger partial charge in [0.05, 0.1) is 0 Å². The number of benzene rings is 2. The second kappa shape index (κ2) is 8.20. The molecule has 3 aromatic rings. The number of hydrogen-bond donors (Lipinski definition) is 1. The maximum atomic E-state index is 12.6. The van der Waals surface area contributed by atoms with Crippen molar-refractivity contribution in [2.24, 2.45) is 0 Å². The molecule has 1 aromatic heterocycles. The van der Waals surface area contributed by atoms with Crippen molar-refractivity contribution in [3.8, 4) is 11.8 Å². The molecular formula is C25H25N3O. The van der Waals surface area contributed by atoms with E-state index in [1.807, 2.05) is 57.2 Å². The van der Waals surface area contributed by atoms with Gasteiger partial charge in [-0.05, 0) is 93.3 Å². The molecule has 4 nitrogen and oxygen atoms in total. The number of amides is 1. The molecule has 0 unspecified atom stereocenters. The molecule has 0 saturated carbocycles. The lowest BCUT2D eigenvalue weighted by Gasteiger charge is -2.12. The Balaban J connectivity index is 1.96. The van der Waals surface area contributed by atoms with Crippen molar-refractivity contribution in [3.63, 3.8) is 0 Å². The zero-order valence-electron chi connectivity index (χ0n) is 17.5. The van der Waals surface area contributed by atoms with E-state index in [0.717, 1.165) is 28.2 Å². The minimum absolute atomic E-state index is 0.0761. The molecule has 1 heterocycles. The second-order valence-electron chi connectivity index (χ2n) is 7.50. The molecule has 3 rings (SSSR count). The van der Waals surface area contributed by atoms with Crippen LogP contribution in [0.3, 0.4) is 0 Å². The van der Waals surface area contributed by atoms with Gasteiger partial charge in [-0.2, -0.15) is 5.26 Å². The molecule has 2 aromatic carbocycles. The second-order valence-corrected chi connectivity index (χ2v) is 7.50. The number of aromatic nitrogens is 1. The number of rotatable bonds is 4. The van der Waals surface area contributed by atoms with Gasteiger partial charge >= 0.3 is 0 Å². The molecule has 0 aliphatic rings. The molecule has 29 heavy (non-hydrogen) atoms. The molecule has 0 aliphatic heterocycles. The van der Waals surface area contributed by atoms with Crippen LogP contribution >= 0.6 is 0 Å². The van der Waals surface area contributed by atoms with Crippen LogP contribution in [-0.4, -0.2) is 10.5 Å². The summed E-state index contributed by atoms with van der Waals surface area (Å²) in [5.74, 6) is -0.408. The summed E-state index contributed by atoms with van der Waals surface area (Å²) in [4.78, 5) is 12.6. The van der Waals surface area contributed by atoms with Crippen LogP contribution in [0.5, 0.6) is 0 Å². The fourth-order valence-corrected chi connectivity index (χ4v) is 3.64. The number of hydrogen-bond acceptors (Lipinski definition) is 2. The van der Waals surface area contributed by atoms with E-state index in [2.05, 4.69) is 41.9 Å². The standard InChI is InChI=1S/C25H25N3O/c1-16-7-6-8-23(10-16)27-25(29)22(15-26)14-21-13-19(4)28(20(21)5)24-11-17(2)9-18(3)12-24/h6-14H,1-5H3,(H,27,29)/b22-14-. The van der Waals surface area contributed by atoms with Crippen molar-refractivity contribution < 1.29 is 4.79 Å². The Hall–Kier alpha value is -3.58. The number of nitrogens with zero attached hydrogens (tertiary/aromatic N) is 2. The van der Waals surface area contributed by atoms with Gasteiger partial charge in [-0.1, -0.05) is 18.2 Å². The van der Waals surface area contributed by atoms with E-state index in [0.29, 0.717) is 5.69 Å². The third kappa shape index (κ3) is 4.47. The fraction of sp³-hybridized carbons (Fsp3) is 0.200. The Kier molecular flexibility index (Phi) is 5.70. The Morgan fingerprint density at radius 1 is 0.966 bits per heavy atom. The Labute approximate surface area is 172 Å². The van der Waals surface area contributed by atoms with E-state index < -0.39 is 5.91 Å². The van der Waals surface area contributed by atoms with Crippen LogP contribution in [0.2, 0.25) is 0 Å². The average Bonchev–Trinajstić information content (AvgIpc) is 2.92. The third-order valence-corrected chi connectivity index (χ3v) is 4.88. The van der Waals surface area contributed by atoms with Gasteiger partial charge in [0.1, 0.15) is 11.6 Å². The first-order valence-electron chi connectivity index (χ1n) is 9.56. The third-order valence-electron chi connectivity index (χ3n) is 4.88. The highest BCUT2D eigenvalue weighted by molar-refractivity contribution is 6.09. The minimum atomic E-state index is -0.408. The van der Waals surface area contributed by atoms with Crippen LogP contribution in [0.4, 0.5) is 5.69 Å². The first-order chi connectivity index (χ1) is 13.8. The van der Waals surface area contributed by atoms with E-state index in [1.165, 1.54) is 11.1 Å². The predicted octanol–water partition coefficient (Wildman–Crippen LogP) is 5.57. The van der Waals surface area contributed by atoms with Crippen molar-refractivity contribution in [1.82, 2.24) is 4.57 Å². The molecule has 0 atom stereocenters. The highest BCUT2D eigenvalue weighted by atomic mass is 16.1. The summed E-state index contributed by atoms with van der Waals surface area (Å²) >= 11 is 0. The first-order valence-corrected chi connectivity index (χ1v) is 9.56. The Bertz CT molecular complexity index is 1140. The highest BCUT2D eigenvalue weighted by Crippen LogP contribution is 2.24. The number of carbonyl (C=O) groups is 1. The van der Waals surface area contributed by atoms with E-state index >= 15 is 0 Å². The van der Waals surface area contributed by atoms with Gasteiger partial charge in [0.25, 0.3) is 5.91 Å². The molecule has 0 fully saturated rings. The molecule has 0 radical (unpaired) electrons. The molecule has 0 aliphatic carbocycles. The molecule has 1 N–H and O–H groups in total. The number of anilines is 1. The lowest BCUT2D eigenvalue weighted by atomic mass is 10.1. The van der Waals surface area contributed by atoms with Crippen molar-refractivity contribution >= 4 is 17.7 Å². The van der Waals surface area contributed by atoms with Crippen molar-refractivity contribution in [1.29, 1.82) is 5.26 Å². The molecule has 1 amide bonds. The Morgan fingerprint density at radius 3 is 2.28 bits per heavy atom. The largest absolute Gasteiger partial charge is 0.321 e. The monoisotopic (exact) mass is 383 g/mol. The van der Waals surface area contributed by atoms with Crippen LogP contribution in [0, 0.1) is 45.9 Å². The van der Waals surface area contributed by atoms with Crippen molar-refractivity contribution in [3.05, 3.63) is 87.7 Å². The van der Waals surface area contributed by atoms with Crippen LogP contribution in [0.1, 0.15) is 33.6 Å². The van der Waals surface area contributed by atoms with Gasteiger partial charge in [-0.25, -0.2) is 0 Å². The lowest BCUT2D eigenvalue weighted by molar-refractivity contribution is -0.112. The molecule has 146 valence electrons. The topological polar surface area (TPSA) is 57.8 Å². The number of nitrogens with one attached hydrogen (secondary N) is 1. The quantitative estimate of drug-likeness (QED) is 0.473. The summed E-state index contributed by atoms with van der Waals surface area (Å²) < 4.78 is 2.15.